The third-order valence-corrected chi connectivity index (χ3v) is 6.65. The van der Waals surface area contributed by atoms with Crippen molar-refractivity contribution < 1.29 is 14.4 Å². The van der Waals surface area contributed by atoms with Gasteiger partial charge in [0.05, 0.1) is 16.1 Å². The summed E-state index contributed by atoms with van der Waals surface area (Å²) in [7, 11) is 0. The highest BCUT2D eigenvalue weighted by atomic mass is 35.5. The first-order chi connectivity index (χ1) is 15.3. The number of benzene rings is 2. The van der Waals surface area contributed by atoms with Crippen LogP contribution in [-0.4, -0.2) is 22.7 Å². The first-order valence-electron chi connectivity index (χ1n) is 9.91. The highest BCUT2D eigenvalue weighted by molar-refractivity contribution is 7.11. The first-order valence-corrected chi connectivity index (χ1v) is 11.2. The zero-order valence-corrected chi connectivity index (χ0v) is 19.0. The van der Waals surface area contributed by atoms with Crippen LogP contribution in [0.2, 0.25) is 5.02 Å². The molecule has 0 fully saturated rings. The number of nitrogens with zero attached hydrogens (tertiary/aromatic N) is 2. The van der Waals surface area contributed by atoms with Gasteiger partial charge in [-0.3, -0.25) is 14.4 Å². The van der Waals surface area contributed by atoms with Gasteiger partial charge in [0.15, 0.2) is 5.01 Å². The summed E-state index contributed by atoms with van der Waals surface area (Å²) in [4.78, 5) is 43.7. The van der Waals surface area contributed by atoms with Crippen molar-refractivity contribution in [1.29, 1.82) is 0 Å². The van der Waals surface area contributed by atoms with Crippen LogP contribution in [0.25, 0.3) is 0 Å². The maximum atomic E-state index is 13.6. The SMILES string of the molecule is CC1=CC(=O)N(c2ccc(NC(=O)c3nccs3)cc2Cl)C(=O)C1(C)Cc1ccccc1. The van der Waals surface area contributed by atoms with Crippen LogP contribution >= 0.6 is 22.9 Å². The summed E-state index contributed by atoms with van der Waals surface area (Å²) >= 11 is 7.68. The molecular weight excluding hydrogens is 446 g/mol. The number of aromatic nitrogens is 1. The molecule has 162 valence electrons. The fourth-order valence-electron chi connectivity index (χ4n) is 3.66. The summed E-state index contributed by atoms with van der Waals surface area (Å²) < 4.78 is 0. The molecule has 32 heavy (non-hydrogen) atoms. The Hall–Kier alpha value is -3.29. The fraction of sp³-hybridized carbons (Fsp3) is 0.167. The predicted octanol–water partition coefficient (Wildman–Crippen LogP) is 5.12. The number of anilines is 2. The number of carbonyl (C=O) groups is 3. The number of amides is 3. The summed E-state index contributed by atoms with van der Waals surface area (Å²) in [5.74, 6) is -1.14. The zero-order chi connectivity index (χ0) is 22.9. The van der Waals surface area contributed by atoms with Crippen molar-refractivity contribution in [2.75, 3.05) is 10.2 Å². The molecule has 0 saturated carbocycles. The van der Waals surface area contributed by atoms with Gasteiger partial charge in [-0.05, 0) is 44.0 Å². The molecule has 1 aliphatic rings. The second-order valence-electron chi connectivity index (χ2n) is 7.76. The van der Waals surface area contributed by atoms with E-state index in [9.17, 15) is 14.4 Å². The van der Waals surface area contributed by atoms with Crippen molar-refractivity contribution in [3.05, 3.63) is 87.4 Å². The first kappa shape index (κ1) is 21.9. The van der Waals surface area contributed by atoms with E-state index >= 15 is 0 Å². The second kappa shape index (κ2) is 8.68. The molecule has 0 bridgehead atoms. The van der Waals surface area contributed by atoms with Crippen LogP contribution in [0.5, 0.6) is 0 Å². The molecule has 8 heteroatoms. The van der Waals surface area contributed by atoms with Crippen molar-refractivity contribution in [2.24, 2.45) is 5.41 Å². The van der Waals surface area contributed by atoms with Gasteiger partial charge in [0.1, 0.15) is 0 Å². The van der Waals surface area contributed by atoms with Crippen molar-refractivity contribution in [3.8, 4) is 0 Å². The van der Waals surface area contributed by atoms with E-state index in [0.717, 1.165) is 10.5 Å². The number of thiazole rings is 1. The Morgan fingerprint density at radius 1 is 1.19 bits per heavy atom. The minimum absolute atomic E-state index is 0.179. The van der Waals surface area contributed by atoms with E-state index in [1.54, 1.807) is 30.6 Å². The predicted molar refractivity (Wildman–Crippen MR) is 126 cm³/mol. The Balaban J connectivity index is 1.63. The smallest absolute Gasteiger partial charge is 0.284 e. The van der Waals surface area contributed by atoms with Gasteiger partial charge in [0, 0.05) is 23.3 Å². The van der Waals surface area contributed by atoms with Gasteiger partial charge in [0.2, 0.25) is 5.91 Å². The number of carbonyl (C=O) groups excluding carboxylic acids is 3. The summed E-state index contributed by atoms with van der Waals surface area (Å²) in [6.45, 7) is 3.64. The monoisotopic (exact) mass is 465 g/mol. The Kier molecular flexibility index (Phi) is 5.95. The van der Waals surface area contributed by atoms with Crippen LogP contribution in [-0.2, 0) is 16.0 Å². The number of halogens is 1. The lowest BCUT2D eigenvalue weighted by molar-refractivity contribution is -0.130. The van der Waals surface area contributed by atoms with Crippen LogP contribution in [0, 0.1) is 5.41 Å². The average molecular weight is 466 g/mol. The maximum absolute atomic E-state index is 13.6. The lowest BCUT2D eigenvalue weighted by Gasteiger charge is -2.38. The lowest BCUT2D eigenvalue weighted by atomic mass is 9.74. The number of hydrogen-bond donors (Lipinski definition) is 1. The van der Waals surface area contributed by atoms with Gasteiger partial charge in [-0.2, -0.15) is 0 Å². The Morgan fingerprint density at radius 3 is 2.59 bits per heavy atom. The highest BCUT2D eigenvalue weighted by Gasteiger charge is 2.45. The molecule has 0 aliphatic carbocycles. The van der Waals surface area contributed by atoms with Gasteiger partial charge in [-0.15, -0.1) is 11.3 Å². The molecular formula is C24H20ClN3O3S. The second-order valence-corrected chi connectivity index (χ2v) is 9.06. The van der Waals surface area contributed by atoms with Gasteiger partial charge in [-0.25, -0.2) is 9.88 Å². The lowest BCUT2D eigenvalue weighted by Crippen LogP contribution is -2.50. The average Bonchev–Trinajstić information content (AvgIpc) is 3.30. The van der Waals surface area contributed by atoms with Gasteiger partial charge < -0.3 is 5.32 Å². The van der Waals surface area contributed by atoms with E-state index in [2.05, 4.69) is 10.3 Å². The Labute approximate surface area is 194 Å². The molecule has 0 spiro atoms. The molecule has 4 rings (SSSR count). The van der Waals surface area contributed by atoms with E-state index < -0.39 is 11.3 Å². The summed E-state index contributed by atoms with van der Waals surface area (Å²) in [6.07, 6.45) is 3.49. The number of hydrogen-bond acceptors (Lipinski definition) is 5. The molecule has 3 aromatic rings. The standard InChI is InChI=1S/C24H20ClN3O3S/c1-15-12-20(29)28(23(31)24(15,2)14-16-6-4-3-5-7-16)19-9-8-17(13-18(19)25)27-21(30)22-26-10-11-32-22/h3-13H,14H2,1-2H3,(H,27,30). The van der Waals surface area contributed by atoms with Crippen molar-refractivity contribution in [3.63, 3.8) is 0 Å². The van der Waals surface area contributed by atoms with E-state index in [-0.39, 0.29) is 22.5 Å². The van der Waals surface area contributed by atoms with E-state index in [1.807, 2.05) is 37.3 Å². The maximum Gasteiger partial charge on any atom is 0.284 e. The molecule has 2 heterocycles. The number of rotatable bonds is 5. The molecule has 1 aliphatic heterocycles. The van der Waals surface area contributed by atoms with Crippen LogP contribution in [0.3, 0.4) is 0 Å². The van der Waals surface area contributed by atoms with E-state index in [0.29, 0.717) is 22.7 Å². The summed E-state index contributed by atoms with van der Waals surface area (Å²) in [5, 5.41) is 4.93. The van der Waals surface area contributed by atoms with Crippen molar-refractivity contribution in [2.45, 2.75) is 20.3 Å². The van der Waals surface area contributed by atoms with E-state index in [1.165, 1.54) is 23.5 Å². The van der Waals surface area contributed by atoms with Crippen LogP contribution in [0.1, 0.15) is 29.2 Å². The molecule has 1 N–H and O–H groups in total. The zero-order valence-electron chi connectivity index (χ0n) is 17.5. The van der Waals surface area contributed by atoms with E-state index in [4.69, 9.17) is 11.6 Å². The molecule has 0 radical (unpaired) electrons. The van der Waals surface area contributed by atoms with Crippen LogP contribution in [0.4, 0.5) is 11.4 Å². The van der Waals surface area contributed by atoms with Gasteiger partial charge in [-0.1, -0.05) is 47.5 Å². The summed E-state index contributed by atoms with van der Waals surface area (Å²) in [6, 6.07) is 14.4. The molecule has 6 nitrogen and oxygen atoms in total. The van der Waals surface area contributed by atoms with Crippen LogP contribution in [0.15, 0.2) is 71.8 Å². The topological polar surface area (TPSA) is 79.4 Å². The highest BCUT2D eigenvalue weighted by Crippen LogP contribution is 2.40. The van der Waals surface area contributed by atoms with Crippen molar-refractivity contribution >= 4 is 52.0 Å². The fourth-order valence-corrected chi connectivity index (χ4v) is 4.45. The molecule has 1 aromatic heterocycles. The number of imide groups is 1. The number of nitrogens with one attached hydrogen (secondary N) is 1. The molecule has 3 amide bonds. The minimum Gasteiger partial charge on any atom is -0.320 e. The molecule has 1 unspecified atom stereocenters. The molecule has 2 aromatic carbocycles. The Morgan fingerprint density at radius 2 is 1.94 bits per heavy atom. The molecule has 1 atom stereocenters. The normalized spacial score (nSPS) is 18.5. The quantitative estimate of drug-likeness (QED) is 0.530. The van der Waals surface area contributed by atoms with Crippen LogP contribution < -0.4 is 10.2 Å². The van der Waals surface area contributed by atoms with Gasteiger partial charge in [0.25, 0.3) is 11.8 Å². The minimum atomic E-state index is -0.893. The third kappa shape index (κ3) is 4.09. The third-order valence-electron chi connectivity index (χ3n) is 5.58. The molecule has 0 saturated heterocycles. The summed E-state index contributed by atoms with van der Waals surface area (Å²) in [5.41, 5.74) is 1.52. The Bertz CT molecular complexity index is 1220. The van der Waals surface area contributed by atoms with Crippen molar-refractivity contribution in [1.82, 2.24) is 4.98 Å². The van der Waals surface area contributed by atoms with Gasteiger partial charge >= 0.3 is 0 Å². The largest absolute Gasteiger partial charge is 0.320 e.